The number of carboxylic acid groups (broad SMARTS) is 1. The van der Waals surface area contributed by atoms with Crippen molar-refractivity contribution in [1.29, 1.82) is 0 Å². The Hall–Kier alpha value is -1.71. The maximum atomic E-state index is 12.8. The third kappa shape index (κ3) is 6.67. The van der Waals surface area contributed by atoms with Gasteiger partial charge < -0.3 is 20.0 Å². The normalized spacial score (nSPS) is 37.7. The van der Waals surface area contributed by atoms with E-state index in [0.29, 0.717) is 23.8 Å². The highest BCUT2D eigenvalue weighted by Crippen LogP contribution is 2.67. The van der Waals surface area contributed by atoms with Crippen LogP contribution in [0.25, 0.3) is 0 Å². The molecule has 0 aromatic rings. The minimum Gasteiger partial charge on any atom is -0.480 e. The van der Waals surface area contributed by atoms with Crippen molar-refractivity contribution >= 4 is 17.8 Å². The van der Waals surface area contributed by atoms with Crippen molar-refractivity contribution in [3.8, 4) is 0 Å². The second kappa shape index (κ2) is 12.3. The van der Waals surface area contributed by atoms with Gasteiger partial charge in [0.05, 0.1) is 39.5 Å². The van der Waals surface area contributed by atoms with E-state index >= 15 is 0 Å². The third-order valence-corrected chi connectivity index (χ3v) is 11.5. The van der Waals surface area contributed by atoms with Gasteiger partial charge >= 0.3 is 12.1 Å². The zero-order valence-corrected chi connectivity index (χ0v) is 25.8. The van der Waals surface area contributed by atoms with E-state index in [1.54, 1.807) is 0 Å². The number of nitrogens with one attached hydrogen (secondary N) is 1. The monoisotopic (exact) mass is 563 g/mol. The van der Waals surface area contributed by atoms with Crippen LogP contribution in [0.1, 0.15) is 78.6 Å². The molecule has 0 spiro atoms. The molecule has 4 aliphatic carbocycles. The van der Waals surface area contributed by atoms with Crippen LogP contribution < -0.4 is 5.32 Å². The number of aliphatic hydroxyl groups excluding tert-OH is 1. The number of aliphatic hydroxyl groups is 1. The summed E-state index contributed by atoms with van der Waals surface area (Å²) in [5.74, 6) is 1.99. The molecular weight excluding hydrogens is 508 g/mol. The summed E-state index contributed by atoms with van der Waals surface area (Å²) in [6, 6.07) is 0. The largest absolute Gasteiger partial charge is 0.480 e. The van der Waals surface area contributed by atoms with Gasteiger partial charge in [-0.25, -0.2) is 4.79 Å². The van der Waals surface area contributed by atoms with Crippen molar-refractivity contribution in [3.05, 3.63) is 0 Å². The molecule has 0 unspecified atom stereocenters. The first-order valence-electron chi connectivity index (χ1n) is 15.7. The van der Waals surface area contributed by atoms with Gasteiger partial charge in [0.2, 0.25) is 0 Å². The summed E-state index contributed by atoms with van der Waals surface area (Å²) in [5.41, 5.74) is 1.36. The van der Waals surface area contributed by atoms with Crippen LogP contribution in [0.5, 0.6) is 0 Å². The maximum absolute atomic E-state index is 12.8. The molecule has 0 aromatic heterocycles. The zero-order valence-electron chi connectivity index (χ0n) is 25.8. The molecule has 8 atom stereocenters. The molecule has 4 rings (SSSR count). The Morgan fingerprint density at radius 2 is 1.70 bits per heavy atom. The highest BCUT2D eigenvalue weighted by molar-refractivity contribution is 5.86. The van der Waals surface area contributed by atoms with Gasteiger partial charge in [0, 0.05) is 25.6 Å². The summed E-state index contributed by atoms with van der Waals surface area (Å²) in [6.45, 7) is 8.97. The molecule has 0 radical (unpaired) electrons. The summed E-state index contributed by atoms with van der Waals surface area (Å²) in [7, 11) is 6.34. The van der Waals surface area contributed by atoms with E-state index < -0.39 is 18.6 Å². The van der Waals surface area contributed by atoms with E-state index in [9.17, 15) is 19.8 Å². The van der Waals surface area contributed by atoms with Crippen LogP contribution in [0.2, 0.25) is 0 Å². The minimum absolute atomic E-state index is 0.114. The Bertz CT molecular complexity index is 951. The van der Waals surface area contributed by atoms with Gasteiger partial charge in [0.1, 0.15) is 6.54 Å². The number of likely N-dealkylation sites (N-methyl/N-ethyl adjacent to an activating group) is 1. The van der Waals surface area contributed by atoms with Crippen molar-refractivity contribution in [3.63, 3.8) is 0 Å². The van der Waals surface area contributed by atoms with Gasteiger partial charge in [-0.15, -0.1) is 0 Å². The minimum atomic E-state index is -1.07. The van der Waals surface area contributed by atoms with Crippen LogP contribution >= 0.6 is 0 Å². The number of amides is 1. The molecule has 1 amide bonds. The molecular formula is C31H55N4O5+. The summed E-state index contributed by atoms with van der Waals surface area (Å²) in [5, 5.41) is 27.3. The van der Waals surface area contributed by atoms with Gasteiger partial charge in [-0.05, 0) is 99.2 Å². The quantitative estimate of drug-likeness (QED) is 0.121. The van der Waals surface area contributed by atoms with Crippen molar-refractivity contribution in [1.82, 2.24) is 10.2 Å². The lowest BCUT2D eigenvalue weighted by Gasteiger charge is -2.61. The van der Waals surface area contributed by atoms with Crippen LogP contribution in [0.15, 0.2) is 5.16 Å². The first kappa shape index (κ1) is 31.2. The van der Waals surface area contributed by atoms with E-state index in [1.807, 2.05) is 6.92 Å². The fraction of sp³-hybridized carbons (Fsp3) is 0.903. The maximum Gasteiger partial charge on any atom is 0.436 e. The molecule has 4 saturated carbocycles. The molecule has 228 valence electrons. The molecule has 4 fully saturated rings. The van der Waals surface area contributed by atoms with Crippen LogP contribution in [-0.2, 0) is 9.63 Å². The SMILES string of the molecule is C/C(=N\OC(=O)N(CCNCC[N+](C)(C)C)CC(=O)O)[C@H]1CC[C@H]2[C@@H]3CC[C@H]4C[C@H](O)CC[C@]4(C)[C@H]3CC[C@]12C. The number of rotatable bonds is 10. The first-order valence-corrected chi connectivity index (χ1v) is 15.7. The van der Waals surface area contributed by atoms with Gasteiger partial charge in [-0.3, -0.25) is 14.5 Å². The van der Waals surface area contributed by atoms with E-state index in [4.69, 9.17) is 4.84 Å². The first-order chi connectivity index (χ1) is 18.7. The Morgan fingerprint density at radius 1 is 1.00 bits per heavy atom. The average Bonchev–Trinajstić information content (AvgIpc) is 3.23. The van der Waals surface area contributed by atoms with Crippen molar-refractivity contribution in [2.75, 3.05) is 53.9 Å². The molecule has 40 heavy (non-hydrogen) atoms. The number of quaternary nitrogens is 1. The topological polar surface area (TPSA) is 111 Å². The molecule has 0 aromatic carbocycles. The average molecular weight is 564 g/mol. The number of nitrogens with zero attached hydrogens (tertiary/aromatic N) is 3. The van der Waals surface area contributed by atoms with Crippen LogP contribution in [-0.4, -0.2) is 97.3 Å². The third-order valence-electron chi connectivity index (χ3n) is 11.5. The van der Waals surface area contributed by atoms with Gasteiger partial charge in [-0.2, -0.15) is 0 Å². The van der Waals surface area contributed by atoms with E-state index in [1.165, 1.54) is 37.0 Å². The molecule has 0 bridgehead atoms. The number of fused-ring (bicyclic) bond motifs is 5. The summed E-state index contributed by atoms with van der Waals surface area (Å²) < 4.78 is 0.828. The standard InChI is InChI=1S/C31H54N4O5/c1-21(33-40-29(39)34(20-28(37)38)17-15-32-16-18-35(4,5)6)25-9-10-26-24-8-7-22-19-23(36)11-13-30(22,2)27(24)12-14-31(25,26)3/h22-27,32,36H,7-20H2,1-6H3/p+1/b33-21+/t22-,23+,24-,25+,26-,27-,30-,31+/m0/s1. The van der Waals surface area contributed by atoms with E-state index in [2.05, 4.69) is 45.5 Å². The Balaban J connectivity index is 1.36. The summed E-state index contributed by atoms with van der Waals surface area (Å²) >= 11 is 0. The number of aliphatic carboxylic acids is 1. The van der Waals surface area contributed by atoms with Gasteiger partial charge in [0.15, 0.2) is 0 Å². The van der Waals surface area contributed by atoms with Crippen molar-refractivity contribution in [2.24, 2.45) is 45.6 Å². The Morgan fingerprint density at radius 3 is 2.40 bits per heavy atom. The van der Waals surface area contributed by atoms with Crippen molar-refractivity contribution < 1.29 is 29.1 Å². The van der Waals surface area contributed by atoms with E-state index in [0.717, 1.165) is 60.8 Å². The summed E-state index contributed by atoms with van der Waals surface area (Å²) in [4.78, 5) is 30.8. The number of oxime groups is 1. The molecule has 3 N–H and O–H groups in total. The number of carbonyl (C=O) groups excluding carboxylic acids is 1. The Kier molecular flexibility index (Phi) is 9.57. The summed E-state index contributed by atoms with van der Waals surface area (Å²) in [6.07, 6.45) is 9.42. The van der Waals surface area contributed by atoms with Crippen LogP contribution in [0.4, 0.5) is 4.79 Å². The lowest BCUT2D eigenvalue weighted by Crippen LogP contribution is -2.54. The molecule has 0 aliphatic heterocycles. The molecule has 9 nitrogen and oxygen atoms in total. The number of hydrogen-bond acceptors (Lipinski definition) is 6. The van der Waals surface area contributed by atoms with Gasteiger partial charge in [0.25, 0.3) is 0 Å². The number of carboxylic acids is 1. The lowest BCUT2D eigenvalue weighted by molar-refractivity contribution is -0.869. The molecule has 0 saturated heterocycles. The predicted molar refractivity (Wildman–Crippen MR) is 156 cm³/mol. The molecule has 0 heterocycles. The Labute approximate surface area is 241 Å². The van der Waals surface area contributed by atoms with Crippen LogP contribution in [0, 0.1) is 40.4 Å². The highest BCUT2D eigenvalue weighted by atomic mass is 16.7. The second-order valence-electron chi connectivity index (χ2n) is 14.9. The smallest absolute Gasteiger partial charge is 0.436 e. The molecule has 9 heteroatoms. The highest BCUT2D eigenvalue weighted by Gasteiger charge is 2.60. The van der Waals surface area contributed by atoms with Crippen molar-refractivity contribution in [2.45, 2.75) is 84.7 Å². The fourth-order valence-electron chi connectivity index (χ4n) is 9.31. The second-order valence-corrected chi connectivity index (χ2v) is 14.9. The van der Waals surface area contributed by atoms with Gasteiger partial charge in [-0.1, -0.05) is 19.0 Å². The fourth-order valence-corrected chi connectivity index (χ4v) is 9.31. The number of carbonyl (C=O) groups is 2. The number of hydrogen-bond donors (Lipinski definition) is 3. The van der Waals surface area contributed by atoms with E-state index in [-0.39, 0.29) is 24.0 Å². The zero-order chi connectivity index (χ0) is 29.3. The van der Waals surface area contributed by atoms with Crippen LogP contribution in [0.3, 0.4) is 0 Å². The predicted octanol–water partition coefficient (Wildman–Crippen LogP) is 4.20. The lowest BCUT2D eigenvalue weighted by atomic mass is 9.44. The molecule has 4 aliphatic rings.